The van der Waals surface area contributed by atoms with Gasteiger partial charge in [-0.15, -0.1) is 0 Å². The van der Waals surface area contributed by atoms with Crippen LogP contribution in [0.3, 0.4) is 0 Å². The minimum atomic E-state index is -4.39. The van der Waals surface area contributed by atoms with Crippen molar-refractivity contribution in [2.24, 2.45) is 0 Å². The molecule has 31 heavy (non-hydrogen) atoms. The molecule has 0 heterocycles. The molecule has 0 fully saturated rings. The number of aromatic hydroxyl groups is 1. The van der Waals surface area contributed by atoms with E-state index in [9.17, 15) is 23.1 Å². The molecule has 3 N–H and O–H groups in total. The van der Waals surface area contributed by atoms with Crippen LogP contribution in [0.1, 0.15) is 32.6 Å². The van der Waals surface area contributed by atoms with Gasteiger partial charge in [0.25, 0.3) is 0 Å². The SMILES string of the molecule is C[NH+](C)Cc1cc(C(=O)/C=C/c2ccc(C(F)(F)F)cc2)cc(C[NH+](C)C)c1O.[Cl-].[Cl-]. The number of hydrogen-bond donors (Lipinski definition) is 3. The van der Waals surface area contributed by atoms with Gasteiger partial charge in [0.1, 0.15) is 18.8 Å². The van der Waals surface area contributed by atoms with Crippen LogP contribution >= 0.6 is 0 Å². The van der Waals surface area contributed by atoms with Crippen LogP contribution in [0.15, 0.2) is 42.5 Å². The number of phenolic OH excluding ortho intramolecular Hbond substituents is 1. The maximum atomic E-state index is 12.7. The molecule has 0 spiro atoms. The van der Waals surface area contributed by atoms with Gasteiger partial charge in [0.15, 0.2) is 5.78 Å². The average molecular weight is 479 g/mol. The Morgan fingerprint density at radius 1 is 0.935 bits per heavy atom. The van der Waals surface area contributed by atoms with E-state index in [-0.39, 0.29) is 36.3 Å². The monoisotopic (exact) mass is 478 g/mol. The molecule has 172 valence electrons. The van der Waals surface area contributed by atoms with Crippen molar-refractivity contribution in [1.82, 2.24) is 0 Å². The van der Waals surface area contributed by atoms with E-state index in [1.807, 2.05) is 28.2 Å². The van der Waals surface area contributed by atoms with E-state index in [1.165, 1.54) is 24.3 Å². The number of alkyl halides is 3. The zero-order valence-electron chi connectivity index (χ0n) is 17.8. The number of rotatable bonds is 7. The van der Waals surface area contributed by atoms with Gasteiger partial charge >= 0.3 is 6.18 Å². The van der Waals surface area contributed by atoms with Crippen molar-refractivity contribution in [3.05, 3.63) is 70.3 Å². The Labute approximate surface area is 193 Å². The highest BCUT2D eigenvalue weighted by atomic mass is 35.5. The molecule has 0 amide bonds. The maximum Gasteiger partial charge on any atom is 0.416 e. The summed E-state index contributed by atoms with van der Waals surface area (Å²) in [6, 6.07) is 7.98. The van der Waals surface area contributed by atoms with Crippen LogP contribution in [-0.2, 0) is 19.3 Å². The molecule has 9 heteroatoms. The van der Waals surface area contributed by atoms with Gasteiger partial charge < -0.3 is 39.7 Å². The van der Waals surface area contributed by atoms with Gasteiger partial charge in [0.2, 0.25) is 0 Å². The molecule has 0 radical (unpaired) electrons. The second-order valence-corrected chi connectivity index (χ2v) is 7.73. The van der Waals surface area contributed by atoms with E-state index in [0.29, 0.717) is 35.3 Å². The molecule has 0 saturated carbocycles. The summed E-state index contributed by atoms with van der Waals surface area (Å²) in [6.45, 7) is 1.12. The Balaban J connectivity index is 0.00000450. The lowest BCUT2D eigenvalue weighted by Crippen LogP contribution is -3.04. The summed E-state index contributed by atoms with van der Waals surface area (Å²) in [4.78, 5) is 14.9. The van der Waals surface area contributed by atoms with E-state index in [1.54, 1.807) is 12.1 Å². The number of allylic oxidation sites excluding steroid dienone is 1. The summed E-state index contributed by atoms with van der Waals surface area (Å²) in [7, 11) is 7.81. The van der Waals surface area contributed by atoms with Crippen molar-refractivity contribution < 1.29 is 57.7 Å². The highest BCUT2D eigenvalue weighted by Crippen LogP contribution is 2.29. The average Bonchev–Trinajstić information content (AvgIpc) is 2.61. The molecule has 0 saturated heterocycles. The molecule has 0 aliphatic heterocycles. The Morgan fingerprint density at radius 3 is 1.77 bits per heavy atom. The summed E-state index contributed by atoms with van der Waals surface area (Å²) in [5.74, 6) is -0.0643. The zero-order chi connectivity index (χ0) is 21.8. The van der Waals surface area contributed by atoms with Gasteiger partial charge in [0.05, 0.1) is 33.8 Å². The first-order chi connectivity index (χ1) is 13.5. The third-order valence-electron chi connectivity index (χ3n) is 4.31. The lowest BCUT2D eigenvalue weighted by Gasteiger charge is -2.15. The van der Waals surface area contributed by atoms with Crippen molar-refractivity contribution in [2.45, 2.75) is 19.3 Å². The number of quaternary nitrogens is 2. The Kier molecular flexibility index (Phi) is 11.3. The molecule has 0 aromatic heterocycles. The number of carbonyl (C=O) groups is 1. The van der Waals surface area contributed by atoms with Gasteiger partial charge in [-0.05, 0) is 35.9 Å². The fourth-order valence-electron chi connectivity index (χ4n) is 2.98. The minimum Gasteiger partial charge on any atom is -1.00 e. The van der Waals surface area contributed by atoms with E-state index in [2.05, 4.69) is 0 Å². The molecular formula is C22H27Cl2F3N2O2. The largest absolute Gasteiger partial charge is 1.00 e. The fraction of sp³-hybridized carbons (Fsp3) is 0.318. The Bertz CT molecular complexity index is 866. The molecule has 2 rings (SSSR count). The summed E-state index contributed by atoms with van der Waals surface area (Å²) in [6.07, 6.45) is -1.56. The van der Waals surface area contributed by atoms with Gasteiger partial charge in [-0.2, -0.15) is 13.2 Å². The third kappa shape index (κ3) is 8.53. The van der Waals surface area contributed by atoms with Gasteiger partial charge in [0, 0.05) is 16.7 Å². The van der Waals surface area contributed by atoms with Crippen molar-refractivity contribution in [2.75, 3.05) is 28.2 Å². The van der Waals surface area contributed by atoms with Crippen LogP contribution in [0.4, 0.5) is 13.2 Å². The van der Waals surface area contributed by atoms with Crippen LogP contribution in [0.5, 0.6) is 5.75 Å². The van der Waals surface area contributed by atoms with E-state index >= 15 is 0 Å². The van der Waals surface area contributed by atoms with E-state index in [0.717, 1.165) is 21.9 Å². The van der Waals surface area contributed by atoms with Gasteiger partial charge in [-0.1, -0.05) is 18.2 Å². The normalized spacial score (nSPS) is 11.5. The molecule has 4 nitrogen and oxygen atoms in total. The van der Waals surface area contributed by atoms with E-state index < -0.39 is 11.7 Å². The van der Waals surface area contributed by atoms with Crippen LogP contribution in [0, 0.1) is 0 Å². The van der Waals surface area contributed by atoms with Crippen molar-refractivity contribution in [3.8, 4) is 5.75 Å². The molecule has 2 aromatic carbocycles. The predicted molar refractivity (Wildman–Crippen MR) is 106 cm³/mol. The van der Waals surface area contributed by atoms with Gasteiger partial charge in [-0.25, -0.2) is 0 Å². The second-order valence-electron chi connectivity index (χ2n) is 7.73. The highest BCUT2D eigenvalue weighted by molar-refractivity contribution is 6.07. The minimum absolute atomic E-state index is 0. The van der Waals surface area contributed by atoms with Crippen molar-refractivity contribution >= 4 is 11.9 Å². The lowest BCUT2D eigenvalue weighted by molar-refractivity contribution is -0.873. The first-order valence-electron chi connectivity index (χ1n) is 9.30. The first kappa shape index (κ1) is 28.9. The molecule has 0 aliphatic carbocycles. The molecule has 0 aliphatic rings. The van der Waals surface area contributed by atoms with Crippen LogP contribution in [0.25, 0.3) is 6.08 Å². The summed E-state index contributed by atoms with van der Waals surface area (Å²) >= 11 is 0. The quantitative estimate of drug-likeness (QED) is 0.278. The summed E-state index contributed by atoms with van der Waals surface area (Å²) in [5.41, 5.74) is 1.59. The maximum absolute atomic E-state index is 12.7. The Hall–Kier alpha value is -2.06. The van der Waals surface area contributed by atoms with Crippen molar-refractivity contribution in [1.29, 1.82) is 0 Å². The molecular weight excluding hydrogens is 452 g/mol. The number of benzene rings is 2. The number of halogens is 5. The van der Waals surface area contributed by atoms with Crippen molar-refractivity contribution in [3.63, 3.8) is 0 Å². The smallest absolute Gasteiger partial charge is 0.416 e. The number of nitrogens with one attached hydrogen (secondary N) is 2. The molecule has 0 atom stereocenters. The van der Waals surface area contributed by atoms with Crippen LogP contribution in [0.2, 0.25) is 0 Å². The number of phenols is 1. The van der Waals surface area contributed by atoms with E-state index in [4.69, 9.17) is 0 Å². The molecule has 2 aromatic rings. The van der Waals surface area contributed by atoms with Crippen LogP contribution < -0.4 is 34.6 Å². The number of carbonyl (C=O) groups excluding carboxylic acids is 1. The predicted octanol–water partition coefficient (Wildman–Crippen LogP) is -4.40. The highest BCUT2D eigenvalue weighted by Gasteiger charge is 2.29. The molecule has 0 unspecified atom stereocenters. The fourth-order valence-corrected chi connectivity index (χ4v) is 2.98. The lowest BCUT2D eigenvalue weighted by atomic mass is 9.99. The van der Waals surface area contributed by atoms with Gasteiger partial charge in [-0.3, -0.25) is 4.79 Å². The molecule has 0 bridgehead atoms. The zero-order valence-corrected chi connectivity index (χ0v) is 19.3. The topological polar surface area (TPSA) is 46.2 Å². The second kappa shape index (κ2) is 12.1. The summed E-state index contributed by atoms with van der Waals surface area (Å²) < 4.78 is 37.9. The third-order valence-corrected chi connectivity index (χ3v) is 4.31. The Morgan fingerprint density at radius 2 is 1.39 bits per heavy atom. The number of hydrogen-bond acceptors (Lipinski definition) is 2. The first-order valence-corrected chi connectivity index (χ1v) is 9.30. The summed E-state index contributed by atoms with van der Waals surface area (Å²) in [5, 5.41) is 10.5. The van der Waals surface area contributed by atoms with Crippen LogP contribution in [-0.4, -0.2) is 39.1 Å². The number of ketones is 1. The standard InChI is InChI=1S/C22H25F3N2O2.2ClH/c1-26(2)13-17-11-16(12-18(21(17)29)14-27(3)4)20(28)10-7-15-5-8-19(9-6-15)22(23,24)25;;/h5-12,29H,13-14H2,1-4H3;2*1H/b10-7+;;.